The van der Waals surface area contributed by atoms with Gasteiger partial charge < -0.3 is 24.7 Å². The molecule has 1 amide bonds. The molecule has 0 atom stereocenters. The van der Waals surface area contributed by atoms with E-state index in [1.807, 2.05) is 0 Å². The third-order valence-electron chi connectivity index (χ3n) is 6.20. The van der Waals surface area contributed by atoms with Crippen LogP contribution >= 0.6 is 0 Å². The van der Waals surface area contributed by atoms with Gasteiger partial charge in [-0.15, -0.1) is 0 Å². The van der Waals surface area contributed by atoms with E-state index < -0.39 is 17.3 Å². The maximum absolute atomic E-state index is 13.7. The van der Waals surface area contributed by atoms with Crippen LogP contribution in [0, 0.1) is 5.82 Å². The Balaban J connectivity index is 1.32. The lowest BCUT2D eigenvalue weighted by Gasteiger charge is -2.39. The van der Waals surface area contributed by atoms with Crippen molar-refractivity contribution in [3.63, 3.8) is 0 Å². The monoisotopic (exact) mass is 486 g/mol. The predicted molar refractivity (Wildman–Crippen MR) is 129 cm³/mol. The summed E-state index contributed by atoms with van der Waals surface area (Å²) in [7, 11) is 0. The van der Waals surface area contributed by atoms with Crippen LogP contribution in [0.3, 0.4) is 0 Å². The molecule has 186 valence electrons. The van der Waals surface area contributed by atoms with Gasteiger partial charge in [-0.25, -0.2) is 18.6 Å². The van der Waals surface area contributed by atoms with Gasteiger partial charge in [0, 0.05) is 36.6 Å². The highest BCUT2D eigenvalue weighted by Crippen LogP contribution is 2.31. The van der Waals surface area contributed by atoms with E-state index in [2.05, 4.69) is 22.3 Å². The van der Waals surface area contributed by atoms with Crippen LogP contribution < -0.4 is 16.3 Å². The summed E-state index contributed by atoms with van der Waals surface area (Å²) in [5, 5.41) is 7.17. The second-order valence-electron chi connectivity index (χ2n) is 8.64. The van der Waals surface area contributed by atoms with Crippen molar-refractivity contribution in [2.24, 2.45) is 4.99 Å². The van der Waals surface area contributed by atoms with Gasteiger partial charge in [-0.3, -0.25) is 4.79 Å². The van der Waals surface area contributed by atoms with E-state index in [1.165, 1.54) is 37.3 Å². The van der Waals surface area contributed by atoms with Crippen LogP contribution in [0.2, 0.25) is 0 Å². The third kappa shape index (κ3) is 5.76. The van der Waals surface area contributed by atoms with E-state index in [0.29, 0.717) is 35.4 Å². The second kappa shape index (κ2) is 10.8. The normalized spacial score (nSPS) is 21.3. The Labute approximate surface area is 201 Å². The van der Waals surface area contributed by atoms with E-state index >= 15 is 0 Å². The molecule has 1 aromatic heterocycles. The van der Waals surface area contributed by atoms with Crippen LogP contribution in [0.5, 0.6) is 0 Å². The van der Waals surface area contributed by atoms with Gasteiger partial charge >= 0.3 is 5.63 Å². The maximum atomic E-state index is 13.7. The molecule has 1 aliphatic heterocycles. The Bertz CT molecular complexity index is 1230. The van der Waals surface area contributed by atoms with Crippen molar-refractivity contribution in [2.45, 2.75) is 44.7 Å². The molecule has 0 unspecified atom stereocenters. The van der Waals surface area contributed by atoms with Gasteiger partial charge in [0.2, 0.25) is 5.88 Å². The minimum Gasteiger partial charge on any atom is -0.466 e. The molecule has 1 aliphatic carbocycles. The fourth-order valence-electron chi connectivity index (χ4n) is 4.65. The molecule has 1 saturated carbocycles. The highest BCUT2D eigenvalue weighted by atomic mass is 19.1. The highest BCUT2D eigenvalue weighted by molar-refractivity contribution is 5.89. The summed E-state index contributed by atoms with van der Waals surface area (Å²) in [6.07, 6.45) is 4.42. The number of nitrogens with zero attached hydrogens (tertiary/aromatic N) is 2. The van der Waals surface area contributed by atoms with Gasteiger partial charge in [0.1, 0.15) is 17.1 Å². The van der Waals surface area contributed by atoms with Gasteiger partial charge in [-0.2, -0.15) is 0 Å². The summed E-state index contributed by atoms with van der Waals surface area (Å²) < 4.78 is 37.7. The molecule has 2 aliphatic rings. The summed E-state index contributed by atoms with van der Waals surface area (Å²) in [5.41, 5.74) is 0.657. The van der Waals surface area contributed by atoms with Crippen molar-refractivity contribution in [3.05, 3.63) is 64.0 Å². The fourth-order valence-corrected chi connectivity index (χ4v) is 4.65. The number of amides is 1. The number of nitrogens with one attached hydrogen (secondary N) is 2. The molecule has 0 bridgehead atoms. The zero-order chi connectivity index (χ0) is 24.9. The number of carbonyl (C=O) groups excluding carboxylic acids is 1. The molecular formula is C25H28F2N4O4. The molecule has 35 heavy (non-hydrogen) atoms. The molecule has 2 heterocycles. The minimum atomic E-state index is -0.503. The number of hydrogen-bond acceptors (Lipinski definition) is 7. The second-order valence-corrected chi connectivity index (χ2v) is 8.64. The molecule has 0 radical (unpaired) electrons. The van der Waals surface area contributed by atoms with Crippen molar-refractivity contribution in [1.82, 2.24) is 10.2 Å². The van der Waals surface area contributed by atoms with E-state index in [-0.39, 0.29) is 30.5 Å². The number of allylic oxidation sites excluding steroid dienone is 2. The summed E-state index contributed by atoms with van der Waals surface area (Å²) in [6, 6.07) is 5.51. The number of ether oxygens (including phenoxy) is 1. The van der Waals surface area contributed by atoms with Crippen molar-refractivity contribution in [2.75, 3.05) is 25.0 Å². The van der Waals surface area contributed by atoms with E-state index in [9.17, 15) is 18.4 Å². The molecule has 0 saturated heterocycles. The van der Waals surface area contributed by atoms with Crippen LogP contribution in [0.25, 0.3) is 11.0 Å². The van der Waals surface area contributed by atoms with Crippen LogP contribution in [0.4, 0.5) is 14.5 Å². The van der Waals surface area contributed by atoms with Crippen LogP contribution in [-0.2, 0) is 9.53 Å². The molecule has 10 heteroatoms. The number of hydrogen-bond donors (Lipinski definition) is 2. The summed E-state index contributed by atoms with van der Waals surface area (Å²) in [4.78, 5) is 29.8. The van der Waals surface area contributed by atoms with Gasteiger partial charge in [0.15, 0.2) is 6.61 Å². The highest BCUT2D eigenvalue weighted by Gasteiger charge is 2.35. The Kier molecular flexibility index (Phi) is 7.60. The number of carbonyl (C=O) groups is 1. The molecule has 1 fully saturated rings. The Morgan fingerprint density at radius 3 is 2.71 bits per heavy atom. The van der Waals surface area contributed by atoms with Crippen molar-refractivity contribution >= 4 is 29.3 Å². The molecule has 1 aromatic carbocycles. The third-order valence-corrected chi connectivity index (χ3v) is 6.20. The Morgan fingerprint density at radius 1 is 1.23 bits per heavy atom. The Hall–Kier alpha value is -3.53. The predicted octanol–water partition coefficient (Wildman–Crippen LogP) is 3.85. The van der Waals surface area contributed by atoms with Crippen LogP contribution in [0.1, 0.15) is 32.6 Å². The molecule has 8 nitrogen and oxygen atoms in total. The topological polar surface area (TPSA) is 96.2 Å². The largest absolute Gasteiger partial charge is 0.466 e. The standard InChI is InChI=1S/C25H28F2N4O4/c1-15(26)11-21-25(28-2)34-14-23(32)31(21)18-6-4-17(5-7-18)29-9-10-30-20-13-24(33)35-22-8-3-16(27)12-19(20)22/h3,8,11-13,17-18,29-30H,2,4-7,9-10,14H2,1H3/b15-11+. The van der Waals surface area contributed by atoms with Crippen LogP contribution in [-0.4, -0.2) is 49.3 Å². The van der Waals surface area contributed by atoms with E-state index in [4.69, 9.17) is 9.15 Å². The number of rotatable bonds is 8. The summed E-state index contributed by atoms with van der Waals surface area (Å²) in [5.74, 6) is -0.912. The molecular weight excluding hydrogens is 458 g/mol. The van der Waals surface area contributed by atoms with E-state index in [0.717, 1.165) is 25.7 Å². The minimum absolute atomic E-state index is 0.0743. The lowest BCUT2D eigenvalue weighted by molar-refractivity contribution is -0.138. The quantitative estimate of drug-likeness (QED) is 0.334. The van der Waals surface area contributed by atoms with Gasteiger partial charge in [-0.1, -0.05) is 0 Å². The maximum Gasteiger partial charge on any atom is 0.338 e. The molecule has 2 N–H and O–H groups in total. The number of aliphatic imine (C=N–C) groups is 1. The van der Waals surface area contributed by atoms with Gasteiger partial charge in [-0.05, 0) is 63.6 Å². The molecule has 0 spiro atoms. The summed E-state index contributed by atoms with van der Waals surface area (Å²) in [6.45, 7) is 5.79. The SMILES string of the molecule is C=NC1=C(/C=C(\C)F)N(C2CCC(NCCNc3cc(=O)oc4ccc(F)cc34)CC2)C(=O)CO1. The lowest BCUT2D eigenvalue weighted by atomic mass is 9.89. The average molecular weight is 487 g/mol. The number of benzene rings is 1. The molecule has 4 rings (SSSR count). The number of halogens is 2. The number of anilines is 1. The van der Waals surface area contributed by atoms with Gasteiger partial charge in [0.05, 0.1) is 11.5 Å². The first kappa shape index (κ1) is 24.6. The molecule has 2 aromatic rings. The van der Waals surface area contributed by atoms with Crippen LogP contribution in [0.15, 0.2) is 62.0 Å². The zero-order valence-electron chi connectivity index (χ0n) is 19.5. The van der Waals surface area contributed by atoms with E-state index in [1.54, 1.807) is 4.90 Å². The first-order valence-corrected chi connectivity index (χ1v) is 11.6. The lowest BCUT2D eigenvalue weighted by Crippen LogP contribution is -2.48. The summed E-state index contributed by atoms with van der Waals surface area (Å²) >= 11 is 0. The fraction of sp³-hybridized carbons (Fsp3) is 0.400. The van der Waals surface area contributed by atoms with Gasteiger partial charge in [0.25, 0.3) is 5.91 Å². The van der Waals surface area contributed by atoms with Crippen molar-refractivity contribution in [1.29, 1.82) is 0 Å². The number of fused-ring (bicyclic) bond motifs is 1. The Morgan fingerprint density at radius 2 is 2.00 bits per heavy atom. The van der Waals surface area contributed by atoms with Crippen molar-refractivity contribution < 1.29 is 22.7 Å². The first-order valence-electron chi connectivity index (χ1n) is 11.6. The average Bonchev–Trinajstić information content (AvgIpc) is 2.82. The zero-order valence-corrected chi connectivity index (χ0v) is 19.5. The smallest absolute Gasteiger partial charge is 0.338 e. The van der Waals surface area contributed by atoms with Crippen molar-refractivity contribution in [3.8, 4) is 0 Å². The first-order chi connectivity index (χ1) is 16.9.